The fourth-order valence-corrected chi connectivity index (χ4v) is 4.81. The number of methoxy groups -OCH3 is 1. The zero-order valence-electron chi connectivity index (χ0n) is 22.6. The van der Waals surface area contributed by atoms with Crippen LogP contribution in [0.4, 0.5) is 18.0 Å². The number of rotatable bonds is 9. The van der Waals surface area contributed by atoms with Gasteiger partial charge in [-0.1, -0.05) is 34.8 Å². The molecule has 43 heavy (non-hydrogen) atoms. The van der Waals surface area contributed by atoms with Gasteiger partial charge in [0.2, 0.25) is 0 Å². The average Bonchev–Trinajstić information content (AvgIpc) is 3.53. The van der Waals surface area contributed by atoms with Gasteiger partial charge in [0.1, 0.15) is 11.5 Å². The molecule has 3 heterocycles. The maximum Gasteiger partial charge on any atom is 0.453 e. The van der Waals surface area contributed by atoms with Crippen LogP contribution < -0.4 is 0 Å². The van der Waals surface area contributed by atoms with Crippen molar-refractivity contribution in [3.8, 4) is 5.82 Å². The highest BCUT2D eigenvalue weighted by molar-refractivity contribution is 6.36. The molecule has 1 aromatic carbocycles. The van der Waals surface area contributed by atoms with E-state index in [1.54, 1.807) is 6.07 Å². The van der Waals surface area contributed by atoms with Gasteiger partial charge in [0, 0.05) is 35.3 Å². The Morgan fingerprint density at radius 1 is 1.05 bits per heavy atom. The SMILES string of the molecule is COC(=O)N(C)CC(=O)c1cc(Cl)cc(Cl)c1CC(=O)c1cc(Cn2nc(C(F)(F)F)nc2C)nn1-c1ncccc1Cl. The third-order valence-corrected chi connectivity index (χ3v) is 6.92. The van der Waals surface area contributed by atoms with Crippen LogP contribution in [0.2, 0.25) is 15.1 Å². The largest absolute Gasteiger partial charge is 0.453 e. The van der Waals surface area contributed by atoms with Gasteiger partial charge in [0.15, 0.2) is 17.4 Å². The van der Waals surface area contributed by atoms with Crippen molar-refractivity contribution in [3.05, 3.63) is 85.8 Å². The maximum absolute atomic E-state index is 13.8. The minimum atomic E-state index is -4.75. The van der Waals surface area contributed by atoms with E-state index in [0.717, 1.165) is 21.4 Å². The zero-order chi connectivity index (χ0) is 31.6. The summed E-state index contributed by atoms with van der Waals surface area (Å²) in [6.45, 7) is 0.685. The molecule has 0 fully saturated rings. The van der Waals surface area contributed by atoms with Gasteiger partial charge in [-0.25, -0.2) is 24.1 Å². The van der Waals surface area contributed by atoms with Crippen molar-refractivity contribution >= 4 is 52.5 Å². The average molecular weight is 659 g/mol. The van der Waals surface area contributed by atoms with E-state index >= 15 is 0 Å². The number of aromatic nitrogens is 6. The van der Waals surface area contributed by atoms with Crippen LogP contribution in [0.1, 0.15) is 43.8 Å². The number of alkyl halides is 3. The van der Waals surface area contributed by atoms with Gasteiger partial charge in [0.25, 0.3) is 5.82 Å². The van der Waals surface area contributed by atoms with E-state index in [1.165, 1.54) is 44.4 Å². The van der Waals surface area contributed by atoms with E-state index in [1.807, 2.05) is 0 Å². The first-order valence-electron chi connectivity index (χ1n) is 12.2. The number of carbonyl (C=O) groups excluding carboxylic acids is 3. The molecule has 226 valence electrons. The van der Waals surface area contributed by atoms with Gasteiger partial charge in [-0.15, -0.1) is 5.10 Å². The third-order valence-electron chi connectivity index (χ3n) is 6.07. The number of benzene rings is 1. The topological polar surface area (TPSA) is 125 Å². The number of likely N-dealkylation sites (N-methyl/N-ethyl adjacent to an activating group) is 1. The zero-order valence-corrected chi connectivity index (χ0v) is 24.9. The second-order valence-electron chi connectivity index (χ2n) is 9.14. The summed E-state index contributed by atoms with van der Waals surface area (Å²) in [4.78, 5) is 47.4. The van der Waals surface area contributed by atoms with Crippen LogP contribution >= 0.6 is 34.8 Å². The molecule has 0 aliphatic rings. The number of nitrogens with zero attached hydrogens (tertiary/aromatic N) is 7. The third kappa shape index (κ3) is 7.14. The normalized spacial score (nSPS) is 11.5. The van der Waals surface area contributed by atoms with Crippen molar-refractivity contribution in [1.29, 1.82) is 0 Å². The molecule has 0 saturated carbocycles. The lowest BCUT2D eigenvalue weighted by Gasteiger charge is -2.17. The van der Waals surface area contributed by atoms with Crippen molar-refractivity contribution in [2.75, 3.05) is 20.7 Å². The fourth-order valence-electron chi connectivity index (χ4n) is 4.05. The molecule has 0 aliphatic carbocycles. The number of hydrogen-bond donors (Lipinski definition) is 0. The molecule has 0 saturated heterocycles. The van der Waals surface area contributed by atoms with Gasteiger partial charge < -0.3 is 9.64 Å². The minimum Gasteiger partial charge on any atom is -0.453 e. The number of ketones is 2. The van der Waals surface area contributed by atoms with E-state index in [4.69, 9.17) is 34.8 Å². The second-order valence-corrected chi connectivity index (χ2v) is 10.4. The summed E-state index contributed by atoms with van der Waals surface area (Å²) in [5, 5.41) is 8.16. The molecule has 4 aromatic rings. The van der Waals surface area contributed by atoms with Crippen LogP contribution in [0.5, 0.6) is 0 Å². The second kappa shape index (κ2) is 12.7. The Labute approximate surface area is 257 Å². The highest BCUT2D eigenvalue weighted by Crippen LogP contribution is 2.29. The number of aryl methyl sites for hydroxylation is 1. The molecular weight excluding hydrogens is 638 g/mol. The van der Waals surface area contributed by atoms with E-state index in [-0.39, 0.29) is 55.8 Å². The number of amides is 1. The van der Waals surface area contributed by atoms with Crippen LogP contribution in [0.3, 0.4) is 0 Å². The molecule has 0 radical (unpaired) electrons. The number of pyridine rings is 1. The fraction of sp³-hybridized carbons (Fsp3) is 0.269. The molecule has 11 nitrogen and oxygen atoms in total. The number of hydrogen-bond acceptors (Lipinski definition) is 8. The molecule has 0 atom stereocenters. The Hall–Kier alpha value is -4.01. The van der Waals surface area contributed by atoms with E-state index < -0.39 is 42.6 Å². The smallest absolute Gasteiger partial charge is 0.453 e. The summed E-state index contributed by atoms with van der Waals surface area (Å²) in [5.74, 6) is -2.43. The predicted molar refractivity (Wildman–Crippen MR) is 149 cm³/mol. The summed E-state index contributed by atoms with van der Waals surface area (Å²) in [5.41, 5.74) is 0.217. The number of ether oxygens (including phenoxy) is 1. The molecule has 0 aliphatic heterocycles. The molecule has 0 spiro atoms. The van der Waals surface area contributed by atoms with Gasteiger partial charge in [-0.3, -0.25) is 9.59 Å². The lowest BCUT2D eigenvalue weighted by molar-refractivity contribution is -0.145. The van der Waals surface area contributed by atoms with Crippen molar-refractivity contribution in [2.24, 2.45) is 0 Å². The van der Waals surface area contributed by atoms with Crippen LogP contribution in [-0.2, 0) is 23.9 Å². The molecule has 1 amide bonds. The summed E-state index contributed by atoms with van der Waals surface area (Å²) in [6, 6.07) is 7.11. The van der Waals surface area contributed by atoms with Gasteiger partial charge >= 0.3 is 12.3 Å². The lowest BCUT2D eigenvalue weighted by atomic mass is 9.97. The van der Waals surface area contributed by atoms with E-state index in [2.05, 4.69) is 24.9 Å². The van der Waals surface area contributed by atoms with Crippen LogP contribution in [-0.4, -0.2) is 72.8 Å². The van der Waals surface area contributed by atoms with Crippen LogP contribution in [0.25, 0.3) is 5.82 Å². The van der Waals surface area contributed by atoms with Crippen LogP contribution in [0.15, 0.2) is 36.5 Å². The Morgan fingerprint density at radius 2 is 1.77 bits per heavy atom. The quantitative estimate of drug-likeness (QED) is 0.216. The minimum absolute atomic E-state index is 0.00156. The molecular formula is C26H21Cl3F3N7O4. The lowest BCUT2D eigenvalue weighted by Crippen LogP contribution is -2.32. The Bertz CT molecular complexity index is 1720. The first-order chi connectivity index (χ1) is 20.2. The standard InChI is InChI=1S/C26H21Cl3F3N7O4/c1-13-34-24(26(30,31)32)36-38(13)11-15-9-20(39(35-15)23-18(28)5-4-6-33-23)21(40)10-16-17(7-14(27)8-19(16)29)22(41)12-37(2)25(42)43-3/h4-9H,10-12H2,1-3H3. The number of halogens is 6. The van der Waals surface area contributed by atoms with Gasteiger partial charge in [-0.2, -0.15) is 18.3 Å². The number of Topliss-reactive ketones (excluding diaryl/α,β-unsaturated/α-hetero) is 2. The van der Waals surface area contributed by atoms with Crippen molar-refractivity contribution in [3.63, 3.8) is 0 Å². The monoisotopic (exact) mass is 657 g/mol. The first kappa shape index (κ1) is 31.9. The van der Waals surface area contributed by atoms with Gasteiger partial charge in [-0.05, 0) is 42.8 Å². The summed E-state index contributed by atoms with van der Waals surface area (Å²) < 4.78 is 46.2. The predicted octanol–water partition coefficient (Wildman–Crippen LogP) is 5.50. The Balaban J connectivity index is 1.74. The first-order valence-corrected chi connectivity index (χ1v) is 13.3. The Kier molecular flexibility index (Phi) is 9.42. The molecule has 4 rings (SSSR count). The molecule has 0 bridgehead atoms. The summed E-state index contributed by atoms with van der Waals surface area (Å²) >= 11 is 18.9. The van der Waals surface area contributed by atoms with E-state index in [9.17, 15) is 27.6 Å². The van der Waals surface area contributed by atoms with Gasteiger partial charge in [0.05, 0.1) is 30.9 Å². The number of carbonyl (C=O) groups is 3. The molecule has 0 unspecified atom stereocenters. The van der Waals surface area contributed by atoms with E-state index in [0.29, 0.717) is 0 Å². The van der Waals surface area contributed by atoms with Crippen molar-refractivity contribution < 1.29 is 32.3 Å². The molecule has 17 heteroatoms. The van der Waals surface area contributed by atoms with Crippen molar-refractivity contribution in [1.82, 2.24) is 34.4 Å². The van der Waals surface area contributed by atoms with Crippen LogP contribution in [0, 0.1) is 6.92 Å². The summed E-state index contributed by atoms with van der Waals surface area (Å²) in [7, 11) is 2.51. The highest BCUT2D eigenvalue weighted by Gasteiger charge is 2.36. The Morgan fingerprint density at radius 3 is 2.40 bits per heavy atom. The highest BCUT2D eigenvalue weighted by atomic mass is 35.5. The molecule has 0 N–H and O–H groups in total. The summed E-state index contributed by atoms with van der Waals surface area (Å²) in [6.07, 6.45) is -4.52. The van der Waals surface area contributed by atoms with Crippen molar-refractivity contribution in [2.45, 2.75) is 26.1 Å². The molecule has 3 aromatic heterocycles. The maximum atomic E-state index is 13.8.